The standard InChI is InChI=1S/C16H13ClFNO/c1-10-8-11(6-7-14(10)18)19-9-13-12-4-2-3-5-15(12)20-16(13)17/h2-8,19H,9H2,1H3. The topological polar surface area (TPSA) is 25.2 Å². The number of hydrogen-bond donors (Lipinski definition) is 1. The van der Waals surface area contributed by atoms with Gasteiger partial charge in [0.25, 0.3) is 0 Å². The molecule has 0 aliphatic rings. The predicted octanol–water partition coefficient (Wildman–Crippen LogP) is 5.15. The van der Waals surface area contributed by atoms with E-state index in [1.165, 1.54) is 6.07 Å². The Kier molecular flexibility index (Phi) is 3.36. The van der Waals surface area contributed by atoms with Gasteiger partial charge in [-0.2, -0.15) is 0 Å². The van der Waals surface area contributed by atoms with E-state index < -0.39 is 0 Å². The number of para-hydroxylation sites is 1. The monoisotopic (exact) mass is 289 g/mol. The van der Waals surface area contributed by atoms with Crippen molar-refractivity contribution >= 4 is 28.3 Å². The normalized spacial score (nSPS) is 10.9. The Bertz CT molecular complexity index is 766. The molecule has 0 unspecified atom stereocenters. The van der Waals surface area contributed by atoms with Gasteiger partial charge in [-0.05, 0) is 48.4 Å². The zero-order valence-electron chi connectivity index (χ0n) is 10.9. The lowest BCUT2D eigenvalue weighted by atomic mass is 10.1. The first-order chi connectivity index (χ1) is 9.65. The van der Waals surface area contributed by atoms with Crippen LogP contribution in [-0.4, -0.2) is 0 Å². The molecule has 1 N–H and O–H groups in total. The van der Waals surface area contributed by atoms with Crippen molar-refractivity contribution in [3.8, 4) is 0 Å². The van der Waals surface area contributed by atoms with E-state index in [2.05, 4.69) is 5.32 Å². The van der Waals surface area contributed by atoms with E-state index >= 15 is 0 Å². The van der Waals surface area contributed by atoms with Gasteiger partial charge in [0.2, 0.25) is 0 Å². The van der Waals surface area contributed by atoms with Crippen LogP contribution in [0.2, 0.25) is 5.22 Å². The van der Waals surface area contributed by atoms with E-state index in [9.17, 15) is 4.39 Å². The van der Waals surface area contributed by atoms with E-state index in [0.29, 0.717) is 17.3 Å². The molecule has 102 valence electrons. The van der Waals surface area contributed by atoms with E-state index in [1.807, 2.05) is 24.3 Å². The lowest BCUT2D eigenvalue weighted by Crippen LogP contribution is -2.00. The van der Waals surface area contributed by atoms with Crippen molar-refractivity contribution in [3.63, 3.8) is 0 Å². The van der Waals surface area contributed by atoms with Crippen molar-refractivity contribution in [1.82, 2.24) is 0 Å². The number of hydrogen-bond acceptors (Lipinski definition) is 2. The van der Waals surface area contributed by atoms with Crippen molar-refractivity contribution in [2.24, 2.45) is 0 Å². The average Bonchev–Trinajstić information content (AvgIpc) is 2.76. The Labute approximate surface area is 121 Å². The highest BCUT2D eigenvalue weighted by atomic mass is 35.5. The molecule has 2 aromatic carbocycles. The maximum Gasteiger partial charge on any atom is 0.199 e. The number of fused-ring (bicyclic) bond motifs is 1. The molecule has 0 spiro atoms. The number of benzene rings is 2. The van der Waals surface area contributed by atoms with Crippen LogP contribution < -0.4 is 5.32 Å². The van der Waals surface area contributed by atoms with Crippen LogP contribution in [0.25, 0.3) is 11.0 Å². The van der Waals surface area contributed by atoms with Gasteiger partial charge in [-0.15, -0.1) is 0 Å². The molecule has 0 bridgehead atoms. The molecule has 1 aromatic heterocycles. The van der Waals surface area contributed by atoms with Crippen molar-refractivity contribution in [1.29, 1.82) is 0 Å². The summed E-state index contributed by atoms with van der Waals surface area (Å²) in [6.07, 6.45) is 0. The summed E-state index contributed by atoms with van der Waals surface area (Å²) >= 11 is 6.12. The van der Waals surface area contributed by atoms with Gasteiger partial charge < -0.3 is 9.73 Å². The second-order valence-electron chi connectivity index (χ2n) is 4.67. The van der Waals surface area contributed by atoms with Gasteiger partial charge in [-0.1, -0.05) is 18.2 Å². The number of rotatable bonds is 3. The summed E-state index contributed by atoms with van der Waals surface area (Å²) in [6.45, 7) is 2.27. The van der Waals surface area contributed by atoms with Crippen LogP contribution in [-0.2, 0) is 6.54 Å². The summed E-state index contributed by atoms with van der Waals surface area (Å²) in [5, 5.41) is 4.61. The minimum Gasteiger partial charge on any atom is -0.444 e. The van der Waals surface area contributed by atoms with E-state index in [0.717, 1.165) is 22.2 Å². The molecule has 0 radical (unpaired) electrons. The maximum atomic E-state index is 13.2. The Morgan fingerprint density at radius 1 is 1.20 bits per heavy atom. The second kappa shape index (κ2) is 5.17. The van der Waals surface area contributed by atoms with Crippen molar-refractivity contribution in [3.05, 3.63) is 64.6 Å². The lowest BCUT2D eigenvalue weighted by molar-refractivity contribution is 0.613. The molecule has 20 heavy (non-hydrogen) atoms. The molecule has 0 amide bonds. The number of anilines is 1. The molecule has 2 nitrogen and oxygen atoms in total. The van der Waals surface area contributed by atoms with E-state index in [4.69, 9.17) is 16.0 Å². The van der Waals surface area contributed by atoms with Crippen LogP contribution in [0.1, 0.15) is 11.1 Å². The summed E-state index contributed by atoms with van der Waals surface area (Å²) < 4.78 is 18.7. The highest BCUT2D eigenvalue weighted by molar-refractivity contribution is 6.30. The summed E-state index contributed by atoms with van der Waals surface area (Å²) in [6, 6.07) is 12.6. The van der Waals surface area contributed by atoms with E-state index in [1.54, 1.807) is 19.1 Å². The third-order valence-corrected chi connectivity index (χ3v) is 3.58. The van der Waals surface area contributed by atoms with Gasteiger partial charge in [0.1, 0.15) is 11.4 Å². The summed E-state index contributed by atoms with van der Waals surface area (Å²) in [4.78, 5) is 0. The third kappa shape index (κ3) is 2.37. The molecule has 0 aliphatic heterocycles. The van der Waals surface area contributed by atoms with Gasteiger partial charge in [-0.25, -0.2) is 4.39 Å². The first-order valence-electron chi connectivity index (χ1n) is 6.31. The summed E-state index contributed by atoms with van der Waals surface area (Å²) in [5.41, 5.74) is 3.14. The van der Waals surface area contributed by atoms with Crippen molar-refractivity contribution in [2.75, 3.05) is 5.32 Å². The van der Waals surface area contributed by atoms with Gasteiger partial charge in [-0.3, -0.25) is 0 Å². The lowest BCUT2D eigenvalue weighted by Gasteiger charge is -2.07. The molecule has 3 aromatic rings. The van der Waals surface area contributed by atoms with Crippen LogP contribution in [0, 0.1) is 12.7 Å². The zero-order valence-corrected chi connectivity index (χ0v) is 11.7. The minimum atomic E-state index is -0.206. The highest BCUT2D eigenvalue weighted by Gasteiger charge is 2.11. The molecule has 0 saturated carbocycles. The number of halogens is 2. The maximum absolute atomic E-state index is 13.2. The number of furan rings is 1. The quantitative estimate of drug-likeness (QED) is 0.721. The third-order valence-electron chi connectivity index (χ3n) is 3.28. The van der Waals surface area contributed by atoms with E-state index in [-0.39, 0.29) is 5.82 Å². The van der Waals surface area contributed by atoms with Gasteiger partial charge in [0, 0.05) is 23.2 Å². The van der Waals surface area contributed by atoms with Gasteiger partial charge in [0.05, 0.1) is 0 Å². The van der Waals surface area contributed by atoms with Gasteiger partial charge >= 0.3 is 0 Å². The molecule has 1 heterocycles. The molecule has 0 atom stereocenters. The Balaban J connectivity index is 1.86. The second-order valence-corrected chi connectivity index (χ2v) is 5.01. The predicted molar refractivity (Wildman–Crippen MR) is 79.7 cm³/mol. The highest BCUT2D eigenvalue weighted by Crippen LogP contribution is 2.30. The van der Waals surface area contributed by atoms with Crippen molar-refractivity contribution < 1.29 is 8.81 Å². The fourth-order valence-electron chi connectivity index (χ4n) is 2.18. The molecular weight excluding hydrogens is 277 g/mol. The Morgan fingerprint density at radius 3 is 2.80 bits per heavy atom. The van der Waals surface area contributed by atoms with Crippen molar-refractivity contribution in [2.45, 2.75) is 13.5 Å². The first-order valence-corrected chi connectivity index (χ1v) is 6.69. The smallest absolute Gasteiger partial charge is 0.199 e. The first kappa shape index (κ1) is 13.0. The van der Waals surface area contributed by atoms with Crippen LogP contribution >= 0.6 is 11.6 Å². The van der Waals surface area contributed by atoms with Crippen LogP contribution in [0.3, 0.4) is 0 Å². The Hall–Kier alpha value is -2.00. The molecule has 0 aliphatic carbocycles. The Morgan fingerprint density at radius 2 is 2.00 bits per heavy atom. The average molecular weight is 290 g/mol. The number of aryl methyl sites for hydroxylation is 1. The van der Waals surface area contributed by atoms with Gasteiger partial charge in [0.15, 0.2) is 5.22 Å². The van der Waals surface area contributed by atoms with Crippen LogP contribution in [0.15, 0.2) is 46.9 Å². The summed E-state index contributed by atoms with van der Waals surface area (Å²) in [7, 11) is 0. The molecule has 3 rings (SSSR count). The molecular formula is C16H13ClFNO. The fraction of sp³-hybridized carbons (Fsp3) is 0.125. The molecule has 0 fully saturated rings. The molecule has 4 heteroatoms. The van der Waals surface area contributed by atoms with Crippen LogP contribution in [0.4, 0.5) is 10.1 Å². The number of nitrogens with one attached hydrogen (secondary N) is 1. The summed E-state index contributed by atoms with van der Waals surface area (Å²) in [5.74, 6) is -0.206. The minimum absolute atomic E-state index is 0.206. The van der Waals surface area contributed by atoms with Crippen LogP contribution in [0.5, 0.6) is 0 Å². The molecule has 0 saturated heterocycles. The largest absolute Gasteiger partial charge is 0.444 e. The zero-order chi connectivity index (χ0) is 14.1. The fourth-order valence-corrected chi connectivity index (χ4v) is 2.43. The SMILES string of the molecule is Cc1cc(NCc2c(Cl)oc3ccccc23)ccc1F.